The van der Waals surface area contributed by atoms with Gasteiger partial charge in [-0.3, -0.25) is 9.78 Å². The molecule has 2 heterocycles. The van der Waals surface area contributed by atoms with E-state index in [-0.39, 0.29) is 12.7 Å². The van der Waals surface area contributed by atoms with E-state index in [9.17, 15) is 4.79 Å². The summed E-state index contributed by atoms with van der Waals surface area (Å²) in [5.41, 5.74) is 6.67. The molecule has 1 aromatic heterocycles. The highest BCUT2D eigenvalue weighted by atomic mass is 35.5. The number of nitrogens with zero attached hydrogens (tertiary/aromatic N) is 1. The number of pyridine rings is 1. The molecule has 0 spiro atoms. The number of carbonyl (C=O) groups excluding carboxylic acids is 1. The predicted molar refractivity (Wildman–Crippen MR) is 70.5 cm³/mol. The molecule has 19 heavy (non-hydrogen) atoms. The number of hydrogen-bond donors (Lipinski definition) is 1. The Kier molecular flexibility index (Phi) is 5.13. The van der Waals surface area contributed by atoms with Gasteiger partial charge < -0.3 is 15.2 Å². The van der Waals surface area contributed by atoms with Gasteiger partial charge in [0.2, 0.25) is 5.91 Å². The Hall–Kier alpha value is -1.17. The quantitative estimate of drug-likeness (QED) is 0.895. The SMILES string of the molecule is NC(=O)Cc1cncc(Cl)c1COC1CCCCO1. The summed E-state index contributed by atoms with van der Waals surface area (Å²) in [5.74, 6) is -0.417. The van der Waals surface area contributed by atoms with Crippen LogP contribution in [-0.4, -0.2) is 23.8 Å². The van der Waals surface area contributed by atoms with Crippen molar-refractivity contribution in [2.24, 2.45) is 5.73 Å². The van der Waals surface area contributed by atoms with E-state index in [4.69, 9.17) is 26.8 Å². The lowest BCUT2D eigenvalue weighted by molar-refractivity contribution is -0.169. The number of halogens is 1. The number of amides is 1. The van der Waals surface area contributed by atoms with Crippen LogP contribution in [0.4, 0.5) is 0 Å². The monoisotopic (exact) mass is 284 g/mol. The average Bonchev–Trinajstić information content (AvgIpc) is 2.38. The largest absolute Gasteiger partial charge is 0.369 e. The van der Waals surface area contributed by atoms with Crippen molar-refractivity contribution in [3.8, 4) is 0 Å². The summed E-state index contributed by atoms with van der Waals surface area (Å²) in [7, 11) is 0. The van der Waals surface area contributed by atoms with Gasteiger partial charge in [0, 0.05) is 24.6 Å². The molecule has 1 atom stereocenters. The zero-order valence-corrected chi connectivity index (χ0v) is 11.4. The summed E-state index contributed by atoms with van der Waals surface area (Å²) in [5, 5.41) is 0.481. The Morgan fingerprint density at radius 1 is 1.53 bits per heavy atom. The minimum absolute atomic E-state index is 0.109. The third kappa shape index (κ3) is 4.16. The summed E-state index contributed by atoms with van der Waals surface area (Å²) in [4.78, 5) is 15.0. The topological polar surface area (TPSA) is 74.4 Å². The molecule has 1 aromatic rings. The first-order valence-electron chi connectivity index (χ1n) is 6.29. The standard InChI is InChI=1S/C13H17ClN2O3/c14-11-7-16-6-9(5-12(15)17)10(11)8-19-13-3-1-2-4-18-13/h6-7,13H,1-5,8H2,(H2,15,17). The smallest absolute Gasteiger partial charge is 0.221 e. The maximum Gasteiger partial charge on any atom is 0.221 e. The van der Waals surface area contributed by atoms with E-state index in [0.717, 1.165) is 31.4 Å². The fourth-order valence-electron chi connectivity index (χ4n) is 2.02. The predicted octanol–water partition coefficient (Wildman–Crippen LogP) is 1.81. The second kappa shape index (κ2) is 6.84. The van der Waals surface area contributed by atoms with Crippen LogP contribution in [0.5, 0.6) is 0 Å². The number of ether oxygens (including phenoxy) is 2. The van der Waals surface area contributed by atoms with Crippen molar-refractivity contribution in [2.75, 3.05) is 6.61 Å². The highest BCUT2D eigenvalue weighted by Crippen LogP contribution is 2.22. The second-order valence-corrected chi connectivity index (χ2v) is 4.92. The van der Waals surface area contributed by atoms with Crippen molar-refractivity contribution in [1.82, 2.24) is 4.98 Å². The van der Waals surface area contributed by atoms with Crippen LogP contribution < -0.4 is 5.73 Å². The Bertz CT molecular complexity index is 448. The van der Waals surface area contributed by atoms with Crippen LogP contribution in [0, 0.1) is 0 Å². The fraction of sp³-hybridized carbons (Fsp3) is 0.538. The van der Waals surface area contributed by atoms with Crippen molar-refractivity contribution in [2.45, 2.75) is 38.6 Å². The molecular formula is C13H17ClN2O3. The molecule has 5 nitrogen and oxygen atoms in total. The molecule has 1 saturated heterocycles. The Morgan fingerprint density at radius 2 is 2.37 bits per heavy atom. The Morgan fingerprint density at radius 3 is 3.05 bits per heavy atom. The number of primary amides is 1. The normalized spacial score (nSPS) is 19.3. The first-order chi connectivity index (χ1) is 9.16. The van der Waals surface area contributed by atoms with Crippen molar-refractivity contribution >= 4 is 17.5 Å². The van der Waals surface area contributed by atoms with Gasteiger partial charge >= 0.3 is 0 Å². The lowest BCUT2D eigenvalue weighted by atomic mass is 10.1. The van der Waals surface area contributed by atoms with Gasteiger partial charge in [-0.2, -0.15) is 0 Å². The van der Waals surface area contributed by atoms with E-state index in [1.165, 1.54) is 6.20 Å². The molecule has 1 aliphatic rings. The van der Waals surface area contributed by atoms with Gasteiger partial charge in [-0.1, -0.05) is 11.6 Å². The van der Waals surface area contributed by atoms with Crippen molar-refractivity contribution in [1.29, 1.82) is 0 Å². The van der Waals surface area contributed by atoms with Gasteiger partial charge in [0.05, 0.1) is 18.1 Å². The molecular weight excluding hydrogens is 268 g/mol. The number of rotatable bonds is 5. The molecule has 0 bridgehead atoms. The van der Waals surface area contributed by atoms with Gasteiger partial charge in [0.15, 0.2) is 6.29 Å². The molecule has 2 rings (SSSR count). The zero-order valence-electron chi connectivity index (χ0n) is 10.6. The fourth-order valence-corrected chi connectivity index (χ4v) is 2.25. The molecule has 1 fully saturated rings. The van der Waals surface area contributed by atoms with E-state index >= 15 is 0 Å². The van der Waals surface area contributed by atoms with Gasteiger partial charge in [0.25, 0.3) is 0 Å². The molecule has 1 aliphatic heterocycles. The molecule has 0 saturated carbocycles. The van der Waals surface area contributed by atoms with Crippen molar-refractivity contribution in [3.63, 3.8) is 0 Å². The van der Waals surface area contributed by atoms with E-state index in [0.29, 0.717) is 17.2 Å². The van der Waals surface area contributed by atoms with Gasteiger partial charge in [-0.15, -0.1) is 0 Å². The van der Waals surface area contributed by atoms with Crippen LogP contribution in [0.25, 0.3) is 0 Å². The minimum Gasteiger partial charge on any atom is -0.369 e. The maximum absolute atomic E-state index is 11.0. The maximum atomic E-state index is 11.0. The zero-order chi connectivity index (χ0) is 13.7. The molecule has 2 N–H and O–H groups in total. The van der Waals surface area contributed by atoms with Crippen molar-refractivity contribution in [3.05, 3.63) is 28.5 Å². The first-order valence-corrected chi connectivity index (χ1v) is 6.67. The van der Waals surface area contributed by atoms with Crippen LogP contribution in [0.1, 0.15) is 30.4 Å². The molecule has 1 unspecified atom stereocenters. The minimum atomic E-state index is -0.417. The Labute approximate surface area is 117 Å². The van der Waals surface area contributed by atoms with Crippen LogP contribution in [0.2, 0.25) is 5.02 Å². The molecule has 1 amide bonds. The summed E-state index contributed by atoms with van der Waals surface area (Å²) in [6.45, 7) is 1.03. The highest BCUT2D eigenvalue weighted by Gasteiger charge is 2.16. The molecule has 104 valence electrons. The summed E-state index contributed by atoms with van der Waals surface area (Å²) in [6.07, 6.45) is 6.10. The van der Waals surface area contributed by atoms with E-state index < -0.39 is 5.91 Å². The van der Waals surface area contributed by atoms with Gasteiger partial charge in [0.1, 0.15) is 0 Å². The summed E-state index contributed by atoms with van der Waals surface area (Å²) in [6, 6.07) is 0. The van der Waals surface area contributed by atoms with E-state index in [1.807, 2.05) is 0 Å². The number of aromatic nitrogens is 1. The number of carbonyl (C=O) groups is 1. The highest BCUT2D eigenvalue weighted by molar-refractivity contribution is 6.31. The summed E-state index contributed by atoms with van der Waals surface area (Å²) >= 11 is 6.10. The van der Waals surface area contributed by atoms with Gasteiger partial charge in [-0.25, -0.2) is 0 Å². The molecule has 0 aromatic carbocycles. The average molecular weight is 285 g/mol. The lowest BCUT2D eigenvalue weighted by Gasteiger charge is -2.23. The third-order valence-electron chi connectivity index (χ3n) is 3.01. The second-order valence-electron chi connectivity index (χ2n) is 4.51. The Balaban J connectivity index is 2.03. The first kappa shape index (κ1) is 14.2. The van der Waals surface area contributed by atoms with Crippen LogP contribution in [-0.2, 0) is 27.3 Å². The van der Waals surface area contributed by atoms with Crippen LogP contribution >= 0.6 is 11.6 Å². The molecule has 0 radical (unpaired) electrons. The van der Waals surface area contributed by atoms with E-state index in [2.05, 4.69) is 4.98 Å². The van der Waals surface area contributed by atoms with Crippen LogP contribution in [0.15, 0.2) is 12.4 Å². The van der Waals surface area contributed by atoms with Gasteiger partial charge in [-0.05, 0) is 24.8 Å². The summed E-state index contributed by atoms with van der Waals surface area (Å²) < 4.78 is 11.2. The van der Waals surface area contributed by atoms with E-state index in [1.54, 1.807) is 6.20 Å². The van der Waals surface area contributed by atoms with Crippen LogP contribution in [0.3, 0.4) is 0 Å². The molecule has 0 aliphatic carbocycles. The lowest BCUT2D eigenvalue weighted by Crippen LogP contribution is -2.22. The third-order valence-corrected chi connectivity index (χ3v) is 3.34. The number of hydrogen-bond acceptors (Lipinski definition) is 4. The number of nitrogens with two attached hydrogens (primary N) is 1. The van der Waals surface area contributed by atoms with Crippen molar-refractivity contribution < 1.29 is 14.3 Å². The molecule has 6 heteroatoms.